The Labute approximate surface area is 239 Å². The number of hydrogen-bond donors (Lipinski definition) is 3. The van der Waals surface area contributed by atoms with Gasteiger partial charge in [-0.2, -0.15) is 0 Å². The topological polar surface area (TPSA) is 126 Å². The zero-order valence-corrected chi connectivity index (χ0v) is 23.1. The number of amides is 3. The van der Waals surface area contributed by atoms with Crippen LogP contribution >= 0.6 is 11.6 Å². The van der Waals surface area contributed by atoms with Crippen molar-refractivity contribution in [1.82, 2.24) is 14.9 Å². The molecule has 2 aliphatic rings. The first kappa shape index (κ1) is 28.3. The summed E-state index contributed by atoms with van der Waals surface area (Å²) < 4.78 is 39.3. The van der Waals surface area contributed by atoms with Gasteiger partial charge >= 0.3 is 12.2 Å². The molecular weight excluding hydrogens is 560 g/mol. The van der Waals surface area contributed by atoms with Gasteiger partial charge in [-0.15, -0.1) is 0 Å². The largest absolute Gasteiger partial charge is 0.453 e. The number of anilines is 2. The number of ether oxygens (including phenoxy) is 2. The van der Waals surface area contributed by atoms with Crippen molar-refractivity contribution in [2.24, 2.45) is 5.92 Å². The van der Waals surface area contributed by atoms with Crippen LogP contribution in [-0.4, -0.2) is 46.6 Å². The summed E-state index contributed by atoms with van der Waals surface area (Å²) in [6.45, 7) is 1.97. The molecule has 1 unspecified atom stereocenters. The fraction of sp³-hybridized carbons (Fsp3) is 0.357. The number of fused-ring (bicyclic) bond motifs is 4. The number of nitrogens with zero attached hydrogens (tertiary/aromatic N) is 2. The molecule has 0 radical (unpaired) electrons. The quantitative estimate of drug-likeness (QED) is 0.298. The van der Waals surface area contributed by atoms with Crippen molar-refractivity contribution < 1.29 is 32.6 Å². The Bertz CT molecular complexity index is 1500. The zero-order valence-electron chi connectivity index (χ0n) is 22.3. The highest BCUT2D eigenvalue weighted by atomic mass is 35.5. The second kappa shape index (κ2) is 11.7. The number of cyclic esters (lactones) is 1. The molecular formula is C28H28ClF2N5O5. The third kappa shape index (κ3) is 5.83. The van der Waals surface area contributed by atoms with Crippen molar-refractivity contribution in [2.45, 2.75) is 44.8 Å². The van der Waals surface area contributed by atoms with Gasteiger partial charge in [0.1, 0.15) is 17.7 Å². The molecule has 2 aromatic carbocycles. The fourth-order valence-electron chi connectivity index (χ4n) is 5.13. The van der Waals surface area contributed by atoms with Crippen LogP contribution in [0.1, 0.15) is 56.1 Å². The van der Waals surface area contributed by atoms with E-state index in [2.05, 4.69) is 20.4 Å². The molecule has 2 aliphatic heterocycles. The Morgan fingerprint density at radius 1 is 1.20 bits per heavy atom. The summed E-state index contributed by atoms with van der Waals surface area (Å²) in [5, 5.41) is 5.26. The first-order valence-corrected chi connectivity index (χ1v) is 13.5. The summed E-state index contributed by atoms with van der Waals surface area (Å²) >= 11 is 5.84. The lowest BCUT2D eigenvalue weighted by atomic mass is 9.98. The predicted molar refractivity (Wildman–Crippen MR) is 146 cm³/mol. The van der Waals surface area contributed by atoms with Crippen LogP contribution in [0.2, 0.25) is 5.02 Å². The molecule has 13 heteroatoms. The molecule has 3 atom stereocenters. The molecule has 3 N–H and O–H groups in total. The molecule has 3 aromatic rings. The number of aromatic nitrogens is 2. The Morgan fingerprint density at radius 2 is 2.00 bits per heavy atom. The van der Waals surface area contributed by atoms with Crippen molar-refractivity contribution in [3.63, 3.8) is 0 Å². The zero-order chi connectivity index (χ0) is 29.3. The third-order valence-electron chi connectivity index (χ3n) is 7.35. The van der Waals surface area contributed by atoms with Crippen LogP contribution in [0, 0.1) is 17.6 Å². The van der Waals surface area contributed by atoms with Crippen LogP contribution in [0.3, 0.4) is 0 Å². The van der Waals surface area contributed by atoms with Crippen LogP contribution in [0.5, 0.6) is 0 Å². The van der Waals surface area contributed by atoms with Gasteiger partial charge in [-0.1, -0.05) is 24.9 Å². The van der Waals surface area contributed by atoms with Crippen LogP contribution in [0.4, 0.5) is 29.7 Å². The average Bonchev–Trinajstić information content (AvgIpc) is 3.43. The number of benzene rings is 2. The summed E-state index contributed by atoms with van der Waals surface area (Å²) in [7, 11) is 1.25. The molecule has 5 rings (SSSR count). The van der Waals surface area contributed by atoms with Gasteiger partial charge in [0.05, 0.1) is 35.1 Å². The van der Waals surface area contributed by atoms with Gasteiger partial charge < -0.3 is 19.8 Å². The summed E-state index contributed by atoms with van der Waals surface area (Å²) in [4.78, 5) is 47.3. The number of halogens is 3. The van der Waals surface area contributed by atoms with Crippen molar-refractivity contribution in [3.8, 4) is 11.3 Å². The van der Waals surface area contributed by atoms with Crippen molar-refractivity contribution in [2.75, 3.05) is 24.3 Å². The van der Waals surface area contributed by atoms with E-state index < -0.39 is 36.0 Å². The van der Waals surface area contributed by atoms with Crippen molar-refractivity contribution >= 4 is 41.1 Å². The molecule has 41 heavy (non-hydrogen) atoms. The minimum absolute atomic E-state index is 0.140. The van der Waals surface area contributed by atoms with E-state index in [0.717, 1.165) is 12.1 Å². The van der Waals surface area contributed by atoms with E-state index in [-0.39, 0.29) is 35.4 Å². The van der Waals surface area contributed by atoms with Gasteiger partial charge in [-0.25, -0.2) is 23.4 Å². The SMILES string of the molecule is COC(=O)Nc1ccc2c(c1)NC(=O)[C@H](C)CCC[C@H](N1CCC(c3c(F)ccc(Cl)c3F)OC1=O)c1nc-2c[nH]1. The Kier molecular flexibility index (Phi) is 8.11. The van der Waals surface area contributed by atoms with E-state index in [1.165, 1.54) is 12.0 Å². The molecule has 3 heterocycles. The van der Waals surface area contributed by atoms with Crippen LogP contribution in [0.25, 0.3) is 11.3 Å². The van der Waals surface area contributed by atoms with Crippen molar-refractivity contribution in [1.29, 1.82) is 0 Å². The molecule has 10 nitrogen and oxygen atoms in total. The third-order valence-corrected chi connectivity index (χ3v) is 7.64. The lowest BCUT2D eigenvalue weighted by Crippen LogP contribution is -2.42. The first-order chi connectivity index (χ1) is 19.7. The van der Waals surface area contributed by atoms with Gasteiger partial charge in [-0.3, -0.25) is 15.0 Å². The number of aromatic amines is 1. The highest BCUT2D eigenvalue weighted by molar-refractivity contribution is 6.30. The summed E-state index contributed by atoms with van der Waals surface area (Å²) in [5.74, 6) is -1.85. The van der Waals surface area contributed by atoms with Crippen LogP contribution < -0.4 is 10.6 Å². The maximum atomic E-state index is 14.6. The summed E-state index contributed by atoms with van der Waals surface area (Å²) in [6, 6.07) is 6.60. The van der Waals surface area contributed by atoms with E-state index in [0.29, 0.717) is 47.7 Å². The summed E-state index contributed by atoms with van der Waals surface area (Å²) in [6.07, 6.45) is 0.864. The molecule has 3 amide bonds. The molecule has 0 aliphatic carbocycles. The molecule has 0 spiro atoms. The normalized spacial score (nSPS) is 21.1. The fourth-order valence-corrected chi connectivity index (χ4v) is 5.29. The number of imidazole rings is 1. The average molecular weight is 588 g/mol. The predicted octanol–water partition coefficient (Wildman–Crippen LogP) is 6.57. The van der Waals surface area contributed by atoms with E-state index in [9.17, 15) is 23.2 Å². The highest BCUT2D eigenvalue weighted by Crippen LogP contribution is 2.38. The highest BCUT2D eigenvalue weighted by Gasteiger charge is 2.37. The minimum atomic E-state index is -1.13. The first-order valence-electron chi connectivity index (χ1n) is 13.1. The maximum absolute atomic E-state index is 14.6. The van der Waals surface area contributed by atoms with Gasteiger partial charge in [0.25, 0.3) is 0 Å². The summed E-state index contributed by atoms with van der Waals surface area (Å²) in [5.41, 5.74) is 1.58. The Morgan fingerprint density at radius 3 is 2.76 bits per heavy atom. The molecule has 2 bridgehead atoms. The smallest absolute Gasteiger partial charge is 0.411 e. The minimum Gasteiger partial charge on any atom is -0.453 e. The number of nitrogens with one attached hydrogen (secondary N) is 3. The number of methoxy groups -OCH3 is 1. The lowest BCUT2D eigenvalue weighted by molar-refractivity contribution is -0.119. The monoisotopic (exact) mass is 587 g/mol. The van der Waals surface area contributed by atoms with Gasteiger partial charge in [-0.05, 0) is 43.2 Å². The number of hydrogen-bond acceptors (Lipinski definition) is 6. The van der Waals surface area contributed by atoms with Gasteiger partial charge in [0.15, 0.2) is 5.82 Å². The van der Waals surface area contributed by atoms with E-state index in [4.69, 9.17) is 21.3 Å². The number of carbonyl (C=O) groups is 3. The number of carbonyl (C=O) groups excluding carboxylic acids is 3. The van der Waals surface area contributed by atoms with E-state index in [1.807, 2.05) is 6.92 Å². The molecule has 1 aromatic heterocycles. The number of rotatable bonds is 3. The standard InChI is InChI=1S/C28H28ClF2N5O5/c1-14-4-3-5-21(36-11-10-22(41-28(36)39)23-18(30)9-8-17(29)24(23)31)25-32-13-20(34-25)16-7-6-15(33-27(38)40-2)12-19(16)35-26(14)37/h6-9,12-14,21-22H,3-5,10-11H2,1-2H3,(H,32,34)(H,33,38)(H,35,37)/t14-,21+,22?/m1/s1. The molecule has 216 valence electrons. The molecule has 1 saturated heterocycles. The number of H-pyrrole nitrogens is 1. The van der Waals surface area contributed by atoms with Crippen LogP contribution in [0.15, 0.2) is 36.5 Å². The lowest BCUT2D eigenvalue weighted by Gasteiger charge is -2.36. The Hall–Kier alpha value is -4.19. The van der Waals surface area contributed by atoms with Crippen molar-refractivity contribution in [3.05, 3.63) is 64.6 Å². The second-order valence-corrected chi connectivity index (χ2v) is 10.4. The second-order valence-electron chi connectivity index (χ2n) is 10.00. The molecule has 0 saturated carbocycles. The maximum Gasteiger partial charge on any atom is 0.411 e. The molecule has 1 fully saturated rings. The van der Waals surface area contributed by atoms with Gasteiger partial charge in [0, 0.05) is 36.3 Å². The Balaban J connectivity index is 1.45. The van der Waals surface area contributed by atoms with Crippen LogP contribution in [-0.2, 0) is 14.3 Å². The van der Waals surface area contributed by atoms with E-state index >= 15 is 0 Å². The van der Waals surface area contributed by atoms with E-state index in [1.54, 1.807) is 24.4 Å². The van der Waals surface area contributed by atoms with Gasteiger partial charge in [0.2, 0.25) is 5.91 Å².